The van der Waals surface area contributed by atoms with E-state index in [1.54, 1.807) is 31.3 Å². The Bertz CT molecular complexity index is 1130. The van der Waals surface area contributed by atoms with Crippen molar-refractivity contribution >= 4 is 23.4 Å². The predicted molar refractivity (Wildman–Crippen MR) is 145 cm³/mol. The van der Waals surface area contributed by atoms with Crippen LogP contribution in [-0.4, -0.2) is 43.1 Å². The van der Waals surface area contributed by atoms with E-state index in [-0.39, 0.29) is 5.91 Å². The van der Waals surface area contributed by atoms with Crippen LogP contribution in [0.25, 0.3) is 0 Å². The molecule has 3 aromatic rings. The summed E-state index contributed by atoms with van der Waals surface area (Å²) in [5, 5.41) is 2.91. The van der Waals surface area contributed by atoms with Gasteiger partial charge in [-0.3, -0.25) is 9.69 Å². The molecule has 1 saturated heterocycles. The van der Waals surface area contributed by atoms with Crippen molar-refractivity contribution in [2.45, 2.75) is 45.1 Å². The molecule has 4 rings (SSSR count). The van der Waals surface area contributed by atoms with E-state index in [2.05, 4.69) is 17.1 Å². The normalized spacial score (nSPS) is 15.8. The average molecular weight is 486 g/mol. The monoisotopic (exact) mass is 485 g/mol. The summed E-state index contributed by atoms with van der Waals surface area (Å²) in [7, 11) is 1.66. The second kappa shape index (κ2) is 12.4. The Morgan fingerprint density at radius 2 is 1.69 bits per heavy atom. The van der Waals surface area contributed by atoms with Gasteiger partial charge in [-0.05, 0) is 86.3 Å². The molecule has 1 aliphatic heterocycles. The second-order valence-corrected chi connectivity index (χ2v) is 9.28. The fourth-order valence-corrected chi connectivity index (χ4v) is 4.65. The number of nitrogens with zero attached hydrogens (tertiary/aromatic N) is 2. The predicted octanol–water partition coefficient (Wildman–Crippen LogP) is 6.38. The highest BCUT2D eigenvalue weighted by atomic mass is 16.6. The molecule has 6 heteroatoms. The number of rotatable bonds is 8. The smallest absolute Gasteiger partial charge is 0.410 e. The van der Waals surface area contributed by atoms with Gasteiger partial charge in [0.2, 0.25) is 0 Å². The van der Waals surface area contributed by atoms with Gasteiger partial charge < -0.3 is 15.0 Å². The van der Waals surface area contributed by atoms with Crippen LogP contribution in [0.2, 0.25) is 0 Å². The van der Waals surface area contributed by atoms with Crippen LogP contribution < -0.4 is 15.0 Å². The lowest BCUT2D eigenvalue weighted by molar-refractivity contribution is 0.102. The SMILES string of the molecule is CCC1CCCCN1CCc1ccc(C(=O)Nc2ccc(OC(=O)N(C)c3ccccc3)cc2)cc1. The van der Waals surface area contributed by atoms with Gasteiger partial charge in [0.05, 0.1) is 0 Å². The standard InChI is InChI=1S/C30H35N3O3/c1-3-26-9-7-8-21-33(26)22-20-23-12-14-24(15-13-23)29(34)31-25-16-18-28(19-17-25)36-30(35)32(2)27-10-5-4-6-11-27/h4-6,10-19,26H,3,7-9,20-22H2,1-2H3,(H,31,34). The van der Waals surface area contributed by atoms with Crippen molar-refractivity contribution in [3.8, 4) is 5.75 Å². The van der Waals surface area contributed by atoms with E-state index in [1.165, 1.54) is 42.7 Å². The molecule has 0 bridgehead atoms. The maximum absolute atomic E-state index is 12.7. The number of amides is 2. The first kappa shape index (κ1) is 25.5. The summed E-state index contributed by atoms with van der Waals surface area (Å²) >= 11 is 0. The van der Waals surface area contributed by atoms with Gasteiger partial charge in [-0.15, -0.1) is 0 Å². The van der Waals surface area contributed by atoms with Crippen molar-refractivity contribution < 1.29 is 14.3 Å². The molecule has 1 N–H and O–H groups in total. The Kier molecular flexibility index (Phi) is 8.74. The van der Waals surface area contributed by atoms with E-state index < -0.39 is 6.09 Å². The summed E-state index contributed by atoms with van der Waals surface area (Å²) in [6.45, 7) is 4.55. The number of ether oxygens (including phenoxy) is 1. The molecular formula is C30H35N3O3. The van der Waals surface area contributed by atoms with Gasteiger partial charge in [-0.25, -0.2) is 4.79 Å². The van der Waals surface area contributed by atoms with Crippen molar-refractivity contribution in [1.29, 1.82) is 0 Å². The third-order valence-electron chi connectivity index (χ3n) is 6.86. The zero-order valence-corrected chi connectivity index (χ0v) is 21.2. The Morgan fingerprint density at radius 3 is 2.39 bits per heavy atom. The fourth-order valence-electron chi connectivity index (χ4n) is 4.65. The minimum atomic E-state index is -0.483. The lowest BCUT2D eigenvalue weighted by Crippen LogP contribution is -2.40. The Balaban J connectivity index is 1.27. The molecule has 1 atom stereocenters. The topological polar surface area (TPSA) is 61.9 Å². The van der Waals surface area contributed by atoms with E-state index in [0.29, 0.717) is 23.0 Å². The highest BCUT2D eigenvalue weighted by Gasteiger charge is 2.20. The summed E-state index contributed by atoms with van der Waals surface area (Å²) < 4.78 is 5.44. The van der Waals surface area contributed by atoms with Crippen LogP contribution in [0.3, 0.4) is 0 Å². The Labute approximate surface area is 213 Å². The van der Waals surface area contributed by atoms with Crippen LogP contribution in [0, 0.1) is 0 Å². The number of piperidine rings is 1. The van der Waals surface area contributed by atoms with E-state index in [0.717, 1.165) is 18.7 Å². The molecule has 0 spiro atoms. The number of para-hydroxylation sites is 1. The number of carbonyl (C=O) groups excluding carboxylic acids is 2. The maximum Gasteiger partial charge on any atom is 0.419 e. The number of carbonyl (C=O) groups is 2. The first-order valence-electron chi connectivity index (χ1n) is 12.8. The molecule has 3 aromatic carbocycles. The molecular weight excluding hydrogens is 450 g/mol. The summed E-state index contributed by atoms with van der Waals surface area (Å²) in [5.41, 5.74) is 3.24. The fraction of sp³-hybridized carbons (Fsp3) is 0.333. The van der Waals surface area contributed by atoms with E-state index in [4.69, 9.17) is 4.74 Å². The van der Waals surface area contributed by atoms with E-state index in [1.807, 2.05) is 54.6 Å². The van der Waals surface area contributed by atoms with Crippen LogP contribution in [0.5, 0.6) is 5.75 Å². The highest BCUT2D eigenvalue weighted by Crippen LogP contribution is 2.21. The third kappa shape index (κ3) is 6.73. The average Bonchev–Trinajstić information content (AvgIpc) is 2.93. The molecule has 36 heavy (non-hydrogen) atoms. The lowest BCUT2D eigenvalue weighted by Gasteiger charge is -2.35. The summed E-state index contributed by atoms with van der Waals surface area (Å²) in [6, 6.07) is 24.6. The van der Waals surface area contributed by atoms with Crippen molar-refractivity contribution in [3.63, 3.8) is 0 Å². The molecule has 0 aromatic heterocycles. The summed E-state index contributed by atoms with van der Waals surface area (Å²) in [6.07, 6.45) is 5.68. The molecule has 1 aliphatic rings. The van der Waals surface area contributed by atoms with Crippen LogP contribution in [0.15, 0.2) is 78.9 Å². The van der Waals surface area contributed by atoms with Gasteiger partial charge in [-0.2, -0.15) is 0 Å². The quantitative estimate of drug-likeness (QED) is 0.402. The summed E-state index contributed by atoms with van der Waals surface area (Å²) in [4.78, 5) is 29.2. The van der Waals surface area contributed by atoms with Crippen LogP contribution in [-0.2, 0) is 6.42 Å². The Morgan fingerprint density at radius 1 is 0.972 bits per heavy atom. The van der Waals surface area contributed by atoms with Crippen LogP contribution in [0.1, 0.15) is 48.5 Å². The molecule has 188 valence electrons. The number of hydrogen-bond donors (Lipinski definition) is 1. The number of hydrogen-bond acceptors (Lipinski definition) is 4. The first-order valence-corrected chi connectivity index (χ1v) is 12.8. The largest absolute Gasteiger partial charge is 0.419 e. The Hall–Kier alpha value is -3.64. The van der Waals surface area contributed by atoms with E-state index >= 15 is 0 Å². The molecule has 2 amide bonds. The second-order valence-electron chi connectivity index (χ2n) is 9.28. The van der Waals surface area contributed by atoms with E-state index in [9.17, 15) is 9.59 Å². The van der Waals surface area contributed by atoms with Gasteiger partial charge in [0.25, 0.3) is 5.91 Å². The molecule has 0 radical (unpaired) electrons. The van der Waals surface area contributed by atoms with Crippen LogP contribution in [0.4, 0.5) is 16.2 Å². The van der Waals surface area contributed by atoms with Crippen molar-refractivity contribution in [3.05, 3.63) is 90.0 Å². The van der Waals surface area contributed by atoms with Crippen LogP contribution >= 0.6 is 0 Å². The zero-order chi connectivity index (χ0) is 25.3. The lowest BCUT2D eigenvalue weighted by atomic mass is 9.99. The molecule has 1 unspecified atom stereocenters. The van der Waals surface area contributed by atoms with Crippen molar-refractivity contribution in [1.82, 2.24) is 4.90 Å². The van der Waals surface area contributed by atoms with Gasteiger partial charge in [0.1, 0.15) is 5.75 Å². The number of likely N-dealkylation sites (tertiary alicyclic amines) is 1. The highest BCUT2D eigenvalue weighted by molar-refractivity contribution is 6.04. The summed E-state index contributed by atoms with van der Waals surface area (Å²) in [5.74, 6) is 0.237. The van der Waals surface area contributed by atoms with Crippen molar-refractivity contribution in [2.75, 3.05) is 30.4 Å². The minimum absolute atomic E-state index is 0.169. The van der Waals surface area contributed by atoms with Gasteiger partial charge >= 0.3 is 6.09 Å². The molecule has 1 fully saturated rings. The van der Waals surface area contributed by atoms with Gasteiger partial charge in [-0.1, -0.05) is 43.7 Å². The van der Waals surface area contributed by atoms with Crippen molar-refractivity contribution in [2.24, 2.45) is 0 Å². The number of anilines is 2. The molecule has 6 nitrogen and oxygen atoms in total. The van der Waals surface area contributed by atoms with Gasteiger partial charge in [0.15, 0.2) is 0 Å². The maximum atomic E-state index is 12.7. The number of benzene rings is 3. The molecule has 0 saturated carbocycles. The van der Waals surface area contributed by atoms with Gasteiger partial charge in [0, 0.05) is 36.6 Å². The molecule has 1 heterocycles. The molecule has 0 aliphatic carbocycles. The number of nitrogens with one attached hydrogen (secondary N) is 1. The third-order valence-corrected chi connectivity index (χ3v) is 6.86. The minimum Gasteiger partial charge on any atom is -0.410 e. The first-order chi connectivity index (χ1) is 17.5. The zero-order valence-electron chi connectivity index (χ0n) is 21.2.